The van der Waals surface area contributed by atoms with Gasteiger partial charge in [-0.05, 0) is 37.1 Å². The van der Waals surface area contributed by atoms with Crippen LogP contribution in [0.15, 0.2) is 40.8 Å². The van der Waals surface area contributed by atoms with Crippen LogP contribution in [-0.2, 0) is 11.3 Å². The number of methoxy groups -OCH3 is 1. The number of esters is 1. The normalized spacial score (nSPS) is 13.6. The van der Waals surface area contributed by atoms with Crippen molar-refractivity contribution >= 4 is 18.4 Å². The van der Waals surface area contributed by atoms with Gasteiger partial charge in [-0.25, -0.2) is 4.79 Å². The van der Waals surface area contributed by atoms with E-state index in [0.717, 1.165) is 23.6 Å². The Labute approximate surface area is 129 Å². The molecule has 0 spiro atoms. The molecule has 4 nitrogen and oxygen atoms in total. The van der Waals surface area contributed by atoms with Crippen LogP contribution in [-0.4, -0.2) is 19.1 Å². The SMILES string of the molecule is COC(=O)c1ccc(-c2ccc(CNC3CC3)o2)cc1.Cl. The van der Waals surface area contributed by atoms with Crippen molar-refractivity contribution in [2.75, 3.05) is 7.11 Å². The third kappa shape index (κ3) is 3.86. The lowest BCUT2D eigenvalue weighted by molar-refractivity contribution is 0.0601. The van der Waals surface area contributed by atoms with Crippen molar-refractivity contribution in [2.45, 2.75) is 25.4 Å². The number of carbonyl (C=O) groups is 1. The van der Waals surface area contributed by atoms with Crippen molar-refractivity contribution in [1.29, 1.82) is 0 Å². The zero-order valence-electron chi connectivity index (χ0n) is 11.8. The Kier molecular flexibility index (Phi) is 5.04. The van der Waals surface area contributed by atoms with Gasteiger partial charge in [0, 0.05) is 11.6 Å². The van der Waals surface area contributed by atoms with Gasteiger partial charge in [0.15, 0.2) is 0 Å². The molecule has 3 rings (SSSR count). The number of ether oxygens (including phenoxy) is 1. The summed E-state index contributed by atoms with van der Waals surface area (Å²) in [6.45, 7) is 0.769. The molecular formula is C16H18ClNO3. The monoisotopic (exact) mass is 307 g/mol. The van der Waals surface area contributed by atoms with Crippen molar-refractivity contribution in [3.05, 3.63) is 47.7 Å². The third-order valence-corrected chi connectivity index (χ3v) is 3.39. The van der Waals surface area contributed by atoms with Crippen molar-refractivity contribution in [3.8, 4) is 11.3 Å². The summed E-state index contributed by atoms with van der Waals surface area (Å²) < 4.78 is 10.5. The van der Waals surface area contributed by atoms with E-state index in [-0.39, 0.29) is 18.4 Å². The van der Waals surface area contributed by atoms with Crippen LogP contribution in [0.4, 0.5) is 0 Å². The second-order valence-electron chi connectivity index (χ2n) is 4.99. The predicted molar refractivity (Wildman–Crippen MR) is 82.6 cm³/mol. The van der Waals surface area contributed by atoms with E-state index in [1.165, 1.54) is 20.0 Å². The van der Waals surface area contributed by atoms with Crippen LogP contribution in [0.2, 0.25) is 0 Å². The van der Waals surface area contributed by atoms with Gasteiger partial charge in [0.25, 0.3) is 0 Å². The van der Waals surface area contributed by atoms with E-state index in [0.29, 0.717) is 11.6 Å². The minimum atomic E-state index is -0.328. The standard InChI is InChI=1S/C16H17NO3.ClH/c1-19-16(18)12-4-2-11(3-5-12)15-9-8-14(20-15)10-17-13-6-7-13;/h2-5,8-9,13,17H,6-7,10H2,1H3;1H. The molecule has 112 valence electrons. The predicted octanol–water partition coefficient (Wildman–Crippen LogP) is 3.41. The minimum Gasteiger partial charge on any atom is -0.465 e. The van der Waals surface area contributed by atoms with Gasteiger partial charge in [-0.1, -0.05) is 12.1 Å². The highest BCUT2D eigenvalue weighted by molar-refractivity contribution is 5.89. The van der Waals surface area contributed by atoms with Gasteiger partial charge in [0.05, 0.1) is 19.2 Å². The molecule has 0 saturated heterocycles. The Hall–Kier alpha value is -1.78. The molecule has 5 heteroatoms. The zero-order valence-corrected chi connectivity index (χ0v) is 12.6. The third-order valence-electron chi connectivity index (χ3n) is 3.39. The number of hydrogen-bond acceptors (Lipinski definition) is 4. The fourth-order valence-electron chi connectivity index (χ4n) is 2.05. The van der Waals surface area contributed by atoms with Gasteiger partial charge in [-0.2, -0.15) is 0 Å². The van der Waals surface area contributed by atoms with E-state index < -0.39 is 0 Å². The lowest BCUT2D eigenvalue weighted by Gasteiger charge is -2.01. The van der Waals surface area contributed by atoms with E-state index in [1.807, 2.05) is 24.3 Å². The van der Waals surface area contributed by atoms with Gasteiger partial charge in [-0.15, -0.1) is 12.4 Å². The van der Waals surface area contributed by atoms with Crippen LogP contribution in [0.1, 0.15) is 29.0 Å². The van der Waals surface area contributed by atoms with E-state index in [2.05, 4.69) is 10.1 Å². The average molecular weight is 308 g/mol. The van der Waals surface area contributed by atoms with Crippen LogP contribution >= 0.6 is 12.4 Å². The Morgan fingerprint density at radius 3 is 2.57 bits per heavy atom. The van der Waals surface area contributed by atoms with Gasteiger partial charge in [-0.3, -0.25) is 0 Å². The van der Waals surface area contributed by atoms with Crippen molar-refractivity contribution < 1.29 is 13.9 Å². The first-order valence-corrected chi connectivity index (χ1v) is 6.77. The number of nitrogens with one attached hydrogen (secondary N) is 1. The molecule has 0 radical (unpaired) electrons. The maximum atomic E-state index is 11.4. The van der Waals surface area contributed by atoms with Gasteiger partial charge in [0.2, 0.25) is 0 Å². The molecule has 0 amide bonds. The zero-order chi connectivity index (χ0) is 13.9. The van der Waals surface area contributed by atoms with Crippen LogP contribution < -0.4 is 5.32 Å². The summed E-state index contributed by atoms with van der Waals surface area (Å²) >= 11 is 0. The summed E-state index contributed by atoms with van der Waals surface area (Å²) in [5.74, 6) is 1.42. The number of benzene rings is 1. The molecule has 1 aromatic heterocycles. The van der Waals surface area contributed by atoms with Gasteiger partial charge < -0.3 is 14.5 Å². The first kappa shape index (κ1) is 15.6. The summed E-state index contributed by atoms with van der Waals surface area (Å²) in [5.41, 5.74) is 1.49. The molecule has 0 bridgehead atoms. The largest absolute Gasteiger partial charge is 0.465 e. The average Bonchev–Trinajstić information content (AvgIpc) is 3.21. The summed E-state index contributed by atoms with van der Waals surface area (Å²) in [6, 6.07) is 11.8. The number of carbonyl (C=O) groups excluding carboxylic acids is 1. The molecule has 1 N–H and O–H groups in total. The van der Waals surface area contributed by atoms with Crippen LogP contribution in [0.25, 0.3) is 11.3 Å². The highest BCUT2D eigenvalue weighted by Crippen LogP contribution is 2.24. The smallest absolute Gasteiger partial charge is 0.337 e. The highest BCUT2D eigenvalue weighted by atomic mass is 35.5. The fraction of sp³-hybridized carbons (Fsp3) is 0.312. The maximum absolute atomic E-state index is 11.4. The molecular weight excluding hydrogens is 290 g/mol. The molecule has 1 saturated carbocycles. The molecule has 1 fully saturated rings. The molecule has 1 aromatic carbocycles. The Bertz CT molecular complexity index is 602. The van der Waals surface area contributed by atoms with Crippen LogP contribution in [0.5, 0.6) is 0 Å². The molecule has 0 aliphatic heterocycles. The Morgan fingerprint density at radius 1 is 1.24 bits per heavy atom. The number of furan rings is 1. The summed E-state index contributed by atoms with van der Waals surface area (Å²) in [7, 11) is 1.38. The first-order valence-electron chi connectivity index (χ1n) is 6.77. The molecule has 1 aliphatic carbocycles. The van der Waals surface area contributed by atoms with E-state index >= 15 is 0 Å². The summed E-state index contributed by atoms with van der Waals surface area (Å²) in [4.78, 5) is 11.4. The number of hydrogen-bond donors (Lipinski definition) is 1. The molecule has 1 aliphatic rings. The van der Waals surface area contributed by atoms with Gasteiger partial charge >= 0.3 is 5.97 Å². The van der Waals surface area contributed by atoms with Crippen molar-refractivity contribution in [1.82, 2.24) is 5.32 Å². The molecule has 1 heterocycles. The molecule has 0 unspecified atom stereocenters. The maximum Gasteiger partial charge on any atom is 0.337 e. The lowest BCUT2D eigenvalue weighted by Crippen LogP contribution is -2.14. The van der Waals surface area contributed by atoms with Crippen LogP contribution in [0.3, 0.4) is 0 Å². The first-order chi connectivity index (χ1) is 9.76. The van der Waals surface area contributed by atoms with E-state index in [1.54, 1.807) is 12.1 Å². The lowest BCUT2D eigenvalue weighted by atomic mass is 10.1. The summed E-state index contributed by atoms with van der Waals surface area (Å²) in [6.07, 6.45) is 2.53. The fourth-order valence-corrected chi connectivity index (χ4v) is 2.05. The molecule has 2 aromatic rings. The van der Waals surface area contributed by atoms with Crippen molar-refractivity contribution in [2.24, 2.45) is 0 Å². The second-order valence-corrected chi connectivity index (χ2v) is 4.99. The number of rotatable bonds is 5. The summed E-state index contributed by atoms with van der Waals surface area (Å²) in [5, 5.41) is 3.41. The highest BCUT2D eigenvalue weighted by Gasteiger charge is 2.20. The van der Waals surface area contributed by atoms with E-state index in [4.69, 9.17) is 4.42 Å². The minimum absolute atomic E-state index is 0. The van der Waals surface area contributed by atoms with Crippen molar-refractivity contribution in [3.63, 3.8) is 0 Å². The van der Waals surface area contributed by atoms with Gasteiger partial charge in [0.1, 0.15) is 11.5 Å². The van der Waals surface area contributed by atoms with E-state index in [9.17, 15) is 4.79 Å². The quantitative estimate of drug-likeness (QED) is 0.860. The second kappa shape index (κ2) is 6.78. The number of halogens is 1. The van der Waals surface area contributed by atoms with Crippen LogP contribution in [0, 0.1) is 0 Å². The Morgan fingerprint density at radius 2 is 1.95 bits per heavy atom. The topological polar surface area (TPSA) is 51.5 Å². The molecule has 0 atom stereocenters. The molecule has 21 heavy (non-hydrogen) atoms. The Balaban J connectivity index is 0.00000161.